The summed E-state index contributed by atoms with van der Waals surface area (Å²) in [4.78, 5) is 5.15. The molecule has 1 aromatic rings. The minimum absolute atomic E-state index is 0.000580. The maximum absolute atomic E-state index is 6.03. The summed E-state index contributed by atoms with van der Waals surface area (Å²) in [6, 6.07) is 4.26. The molecule has 0 radical (unpaired) electrons. The number of methoxy groups -OCH3 is 1. The van der Waals surface area contributed by atoms with Gasteiger partial charge in [0.1, 0.15) is 11.5 Å². The zero-order valence-electron chi connectivity index (χ0n) is 13.1. The lowest BCUT2D eigenvalue weighted by atomic mass is 9.84. The minimum atomic E-state index is 0.000580. The summed E-state index contributed by atoms with van der Waals surface area (Å²) in [6.45, 7) is 7.31. The Morgan fingerprint density at radius 1 is 1.25 bits per heavy atom. The van der Waals surface area contributed by atoms with Crippen LogP contribution in [0.2, 0.25) is 0 Å². The zero-order valence-corrected chi connectivity index (χ0v) is 13.1. The van der Waals surface area contributed by atoms with E-state index in [9.17, 15) is 0 Å². The van der Waals surface area contributed by atoms with Crippen LogP contribution in [0.1, 0.15) is 50.8 Å². The van der Waals surface area contributed by atoms with Crippen molar-refractivity contribution in [2.45, 2.75) is 45.1 Å². The van der Waals surface area contributed by atoms with Crippen molar-refractivity contribution in [2.24, 2.45) is 0 Å². The minimum Gasteiger partial charge on any atom is -0.497 e. The quantitative estimate of drug-likeness (QED) is 0.861. The van der Waals surface area contributed by atoms with E-state index in [1.807, 2.05) is 6.07 Å². The molecule has 1 unspecified atom stereocenters. The number of hydrogen-bond donors (Lipinski definition) is 1. The van der Waals surface area contributed by atoms with Crippen LogP contribution in [-0.4, -0.2) is 20.8 Å². The Labute approximate surface area is 121 Å². The van der Waals surface area contributed by atoms with E-state index in [0.717, 1.165) is 36.5 Å². The highest BCUT2D eigenvalue weighted by Gasteiger charge is 2.28. The smallest absolute Gasteiger partial charge is 0.128 e. The Morgan fingerprint density at radius 2 is 2.00 bits per heavy atom. The second-order valence-corrected chi connectivity index (χ2v) is 6.21. The summed E-state index contributed by atoms with van der Waals surface area (Å²) >= 11 is 0. The molecule has 4 nitrogen and oxygen atoms in total. The van der Waals surface area contributed by atoms with Crippen LogP contribution < -0.4 is 15.0 Å². The van der Waals surface area contributed by atoms with Crippen molar-refractivity contribution in [2.75, 3.05) is 20.8 Å². The molecule has 1 atom stereocenters. The van der Waals surface area contributed by atoms with E-state index >= 15 is 0 Å². The molecule has 0 amide bonds. The predicted octanol–water partition coefficient (Wildman–Crippen LogP) is 3.36. The van der Waals surface area contributed by atoms with Gasteiger partial charge in [-0.15, -0.1) is 0 Å². The first kappa shape index (κ1) is 15.1. The number of hydrogen-bond acceptors (Lipinski definition) is 4. The van der Waals surface area contributed by atoms with E-state index < -0.39 is 0 Å². The van der Waals surface area contributed by atoms with E-state index in [0.29, 0.717) is 0 Å². The Morgan fingerprint density at radius 3 is 2.60 bits per heavy atom. The molecule has 1 N–H and O–H groups in total. The van der Waals surface area contributed by atoms with Gasteiger partial charge in [-0.1, -0.05) is 20.8 Å². The lowest BCUT2D eigenvalue weighted by Gasteiger charge is -2.26. The highest BCUT2D eigenvalue weighted by Crippen LogP contribution is 2.42. The molecule has 1 heterocycles. The van der Waals surface area contributed by atoms with Crippen LogP contribution in [0, 0.1) is 0 Å². The normalized spacial score (nSPS) is 18.9. The molecule has 0 aliphatic carbocycles. The summed E-state index contributed by atoms with van der Waals surface area (Å²) in [5.74, 6) is 1.84. The Kier molecular flexibility index (Phi) is 4.55. The molecule has 0 aromatic heterocycles. The Balaban J connectivity index is 2.58. The fraction of sp³-hybridized carbons (Fsp3) is 0.625. The van der Waals surface area contributed by atoms with Crippen LogP contribution in [0.4, 0.5) is 0 Å². The second-order valence-electron chi connectivity index (χ2n) is 6.21. The van der Waals surface area contributed by atoms with Crippen LogP contribution in [0.25, 0.3) is 0 Å². The van der Waals surface area contributed by atoms with Gasteiger partial charge >= 0.3 is 0 Å². The highest BCUT2D eigenvalue weighted by atomic mass is 16.6. The molecule has 0 spiro atoms. The summed E-state index contributed by atoms with van der Waals surface area (Å²) < 4.78 is 11.5. The van der Waals surface area contributed by atoms with Crippen LogP contribution in [0.5, 0.6) is 11.5 Å². The Hall–Kier alpha value is -1.26. The standard InChI is InChI=1S/C16H25NO3/c1-16(2,3)13-10-11(18-4)9-12-14(17-19-5)7-6-8-20-15(12)13/h9-10,14,17H,6-8H2,1-5H3. The lowest BCUT2D eigenvalue weighted by Crippen LogP contribution is -2.21. The van der Waals surface area contributed by atoms with Gasteiger partial charge in [0.25, 0.3) is 0 Å². The maximum Gasteiger partial charge on any atom is 0.128 e. The molecule has 0 fully saturated rings. The molecule has 1 aromatic carbocycles. The van der Waals surface area contributed by atoms with Crippen molar-refractivity contribution < 1.29 is 14.3 Å². The average Bonchev–Trinajstić information content (AvgIpc) is 2.59. The van der Waals surface area contributed by atoms with E-state index in [4.69, 9.17) is 14.3 Å². The molecule has 1 aliphatic rings. The van der Waals surface area contributed by atoms with Gasteiger partial charge < -0.3 is 14.3 Å². The third-order valence-corrected chi connectivity index (χ3v) is 3.65. The van der Waals surface area contributed by atoms with E-state index in [1.165, 1.54) is 5.56 Å². The third kappa shape index (κ3) is 3.07. The molecular weight excluding hydrogens is 254 g/mol. The molecule has 2 rings (SSSR count). The summed E-state index contributed by atoms with van der Waals surface area (Å²) in [6.07, 6.45) is 1.99. The van der Waals surface area contributed by atoms with Gasteiger partial charge in [0, 0.05) is 11.1 Å². The van der Waals surface area contributed by atoms with Crippen LogP contribution in [0.3, 0.4) is 0 Å². The van der Waals surface area contributed by atoms with Crippen molar-refractivity contribution in [1.29, 1.82) is 0 Å². The van der Waals surface area contributed by atoms with Gasteiger partial charge in [0.05, 0.1) is 26.9 Å². The van der Waals surface area contributed by atoms with Crippen molar-refractivity contribution in [1.82, 2.24) is 5.48 Å². The van der Waals surface area contributed by atoms with Gasteiger partial charge in [0.2, 0.25) is 0 Å². The van der Waals surface area contributed by atoms with Crippen molar-refractivity contribution >= 4 is 0 Å². The topological polar surface area (TPSA) is 39.7 Å². The van der Waals surface area contributed by atoms with Gasteiger partial charge in [-0.2, -0.15) is 5.48 Å². The monoisotopic (exact) mass is 279 g/mol. The summed E-state index contributed by atoms with van der Waals surface area (Å²) in [5.41, 5.74) is 5.37. The molecule has 0 saturated carbocycles. The van der Waals surface area contributed by atoms with Crippen molar-refractivity contribution in [3.63, 3.8) is 0 Å². The summed E-state index contributed by atoms with van der Waals surface area (Å²) in [5, 5.41) is 0. The second kappa shape index (κ2) is 6.02. The fourth-order valence-electron chi connectivity index (χ4n) is 2.60. The largest absolute Gasteiger partial charge is 0.497 e. The van der Waals surface area contributed by atoms with E-state index in [-0.39, 0.29) is 11.5 Å². The maximum atomic E-state index is 6.03. The van der Waals surface area contributed by atoms with Crippen LogP contribution in [-0.2, 0) is 10.3 Å². The number of benzene rings is 1. The third-order valence-electron chi connectivity index (χ3n) is 3.65. The molecule has 4 heteroatoms. The SMILES string of the molecule is CONC1CCCOc2c1cc(OC)cc2C(C)(C)C. The Bertz CT molecular complexity index is 466. The molecule has 0 saturated heterocycles. The predicted molar refractivity (Wildman–Crippen MR) is 79.3 cm³/mol. The fourth-order valence-corrected chi connectivity index (χ4v) is 2.60. The van der Waals surface area contributed by atoms with Crippen LogP contribution in [0.15, 0.2) is 12.1 Å². The van der Waals surface area contributed by atoms with Crippen LogP contribution >= 0.6 is 0 Å². The van der Waals surface area contributed by atoms with Crippen molar-refractivity contribution in [3.05, 3.63) is 23.3 Å². The molecule has 0 bridgehead atoms. The number of nitrogens with one attached hydrogen (secondary N) is 1. The first-order chi connectivity index (χ1) is 9.47. The lowest BCUT2D eigenvalue weighted by molar-refractivity contribution is 0.0579. The van der Waals surface area contributed by atoms with Crippen molar-refractivity contribution in [3.8, 4) is 11.5 Å². The first-order valence-corrected chi connectivity index (χ1v) is 7.11. The molecular formula is C16H25NO3. The number of rotatable bonds is 3. The van der Waals surface area contributed by atoms with Gasteiger partial charge in [-0.25, -0.2) is 0 Å². The molecule has 112 valence electrons. The van der Waals surface area contributed by atoms with E-state index in [1.54, 1.807) is 14.2 Å². The average molecular weight is 279 g/mol. The summed E-state index contributed by atoms with van der Waals surface area (Å²) in [7, 11) is 3.35. The number of hydroxylamine groups is 1. The highest BCUT2D eigenvalue weighted by molar-refractivity contribution is 5.52. The first-order valence-electron chi connectivity index (χ1n) is 7.11. The van der Waals surface area contributed by atoms with Gasteiger partial charge in [-0.05, 0) is 30.4 Å². The molecule has 1 aliphatic heterocycles. The van der Waals surface area contributed by atoms with Gasteiger partial charge in [0.15, 0.2) is 0 Å². The van der Waals surface area contributed by atoms with Gasteiger partial charge in [-0.3, -0.25) is 0 Å². The van der Waals surface area contributed by atoms with E-state index in [2.05, 4.69) is 32.3 Å². The number of ether oxygens (including phenoxy) is 2. The molecule has 20 heavy (non-hydrogen) atoms. The number of fused-ring (bicyclic) bond motifs is 1. The zero-order chi connectivity index (χ0) is 14.8.